The molecule has 0 spiro atoms. The van der Waals surface area contributed by atoms with Crippen molar-refractivity contribution in [1.82, 2.24) is 5.32 Å². The molecule has 340 valence electrons. The van der Waals surface area contributed by atoms with Gasteiger partial charge in [0.25, 0.3) is 0 Å². The summed E-state index contributed by atoms with van der Waals surface area (Å²) in [6, 6.07) is 9.51. The monoisotopic (exact) mass is 836 g/mol. The first-order valence-corrected chi connectivity index (χ1v) is 21.3. The van der Waals surface area contributed by atoms with Gasteiger partial charge in [0, 0.05) is 13.2 Å². The van der Waals surface area contributed by atoms with E-state index in [1.807, 2.05) is 30.3 Å². The van der Waals surface area contributed by atoms with E-state index in [0.29, 0.717) is 172 Å². The zero-order chi connectivity index (χ0) is 41.3. The molecule has 0 atom stereocenters. The van der Waals surface area contributed by atoms with Crippen LogP contribution in [0.3, 0.4) is 0 Å². The Kier molecular flexibility index (Phi) is 44.3. The molecule has 0 aromatic heterocycles. The topological polar surface area (TPSA) is 158 Å². The zero-order valence-corrected chi connectivity index (χ0v) is 35.6. The standard InChI is InChI=1S/C42H77NO15/c1-2-3-4-5-6-10-14-45-16-18-47-20-22-49-24-26-51-28-30-53-32-34-55-36-38-57-39-37-56-35-33-54-31-29-52-27-25-50-23-21-48-19-17-46-15-13-43-42(44)58-40-41-11-8-7-9-12-41/h7-9,11-12H,2-6,10,13-40H2,1H3,(H,43,44). The smallest absolute Gasteiger partial charge is 0.407 e. The van der Waals surface area contributed by atoms with Crippen molar-refractivity contribution in [2.45, 2.75) is 52.1 Å². The quantitative estimate of drug-likeness (QED) is 0.0916. The minimum atomic E-state index is -0.470. The maximum atomic E-state index is 11.7. The van der Waals surface area contributed by atoms with Gasteiger partial charge in [-0.25, -0.2) is 4.79 Å². The SMILES string of the molecule is CCCCCCCCOCCOCCOCCOCCOCCOCCOCCOCCOCCOCCOCCOCCOCCNC(=O)OCc1ccccc1. The van der Waals surface area contributed by atoms with Crippen LogP contribution >= 0.6 is 0 Å². The average molecular weight is 836 g/mol. The van der Waals surface area contributed by atoms with Crippen molar-refractivity contribution in [2.24, 2.45) is 0 Å². The number of unbranched alkanes of at least 4 members (excludes halogenated alkanes) is 5. The Morgan fingerprint density at radius 2 is 0.672 bits per heavy atom. The van der Waals surface area contributed by atoms with E-state index in [4.69, 9.17) is 66.3 Å². The third kappa shape index (κ3) is 43.5. The summed E-state index contributed by atoms with van der Waals surface area (Å²) in [6.07, 6.45) is 7.18. The molecule has 0 aliphatic carbocycles. The van der Waals surface area contributed by atoms with Crippen LogP contribution < -0.4 is 5.32 Å². The van der Waals surface area contributed by atoms with Gasteiger partial charge in [0.2, 0.25) is 0 Å². The molecule has 0 aliphatic heterocycles. The summed E-state index contributed by atoms with van der Waals surface area (Å²) < 4.78 is 76.6. The summed E-state index contributed by atoms with van der Waals surface area (Å²) >= 11 is 0. The van der Waals surface area contributed by atoms with Crippen molar-refractivity contribution in [1.29, 1.82) is 0 Å². The van der Waals surface area contributed by atoms with Gasteiger partial charge in [0.05, 0.1) is 165 Å². The summed E-state index contributed by atoms with van der Waals surface area (Å²) in [5.41, 5.74) is 0.937. The molecule has 16 nitrogen and oxygen atoms in total. The maximum absolute atomic E-state index is 11.7. The third-order valence-corrected chi connectivity index (χ3v) is 7.83. The molecule has 1 aromatic carbocycles. The van der Waals surface area contributed by atoms with E-state index < -0.39 is 6.09 Å². The fourth-order valence-electron chi connectivity index (χ4n) is 4.72. The molecule has 1 N–H and O–H groups in total. The Morgan fingerprint density at radius 1 is 0.379 bits per heavy atom. The minimum Gasteiger partial charge on any atom is -0.445 e. The predicted octanol–water partition coefficient (Wildman–Crippen LogP) is 4.49. The van der Waals surface area contributed by atoms with Crippen LogP contribution in [0.15, 0.2) is 30.3 Å². The number of carbonyl (C=O) groups excluding carboxylic acids is 1. The number of alkyl carbamates (subject to hydrolysis) is 1. The van der Waals surface area contributed by atoms with Crippen LogP contribution in [-0.4, -0.2) is 184 Å². The Bertz CT molecular complexity index is 937. The van der Waals surface area contributed by atoms with Crippen LogP contribution in [0.5, 0.6) is 0 Å². The van der Waals surface area contributed by atoms with Crippen molar-refractivity contribution in [3.63, 3.8) is 0 Å². The maximum Gasteiger partial charge on any atom is 0.407 e. The molecule has 0 bridgehead atoms. The van der Waals surface area contributed by atoms with E-state index in [0.717, 1.165) is 18.6 Å². The van der Waals surface area contributed by atoms with Gasteiger partial charge in [0.15, 0.2) is 0 Å². The largest absolute Gasteiger partial charge is 0.445 e. The second-order valence-corrected chi connectivity index (χ2v) is 12.7. The summed E-state index contributed by atoms with van der Waals surface area (Å²) in [5.74, 6) is 0. The van der Waals surface area contributed by atoms with Crippen LogP contribution in [0, 0.1) is 0 Å². The number of benzene rings is 1. The minimum absolute atomic E-state index is 0.236. The summed E-state index contributed by atoms with van der Waals surface area (Å²) in [6.45, 7) is 16.2. The van der Waals surface area contributed by atoms with Crippen LogP contribution in [0.25, 0.3) is 0 Å². The number of nitrogens with one attached hydrogen (secondary N) is 1. The lowest BCUT2D eigenvalue weighted by molar-refractivity contribution is -0.0290. The van der Waals surface area contributed by atoms with Crippen molar-refractivity contribution in [2.75, 3.05) is 178 Å². The van der Waals surface area contributed by atoms with Gasteiger partial charge < -0.3 is 71.6 Å². The molecular formula is C42H77NO15. The highest BCUT2D eigenvalue weighted by Gasteiger charge is 2.02. The molecule has 0 aliphatic rings. The zero-order valence-electron chi connectivity index (χ0n) is 35.6. The van der Waals surface area contributed by atoms with Gasteiger partial charge in [0.1, 0.15) is 6.61 Å². The first-order valence-electron chi connectivity index (χ1n) is 21.3. The molecule has 1 amide bonds. The molecular weight excluding hydrogens is 758 g/mol. The average Bonchev–Trinajstić information content (AvgIpc) is 3.24. The van der Waals surface area contributed by atoms with Crippen LogP contribution in [0.4, 0.5) is 4.79 Å². The Morgan fingerprint density at radius 3 is 1.02 bits per heavy atom. The normalized spacial score (nSPS) is 11.4. The first kappa shape index (κ1) is 54.0. The van der Waals surface area contributed by atoms with Crippen LogP contribution in [-0.2, 0) is 72.9 Å². The van der Waals surface area contributed by atoms with Gasteiger partial charge in [-0.1, -0.05) is 69.4 Å². The highest BCUT2D eigenvalue weighted by Crippen LogP contribution is 2.05. The van der Waals surface area contributed by atoms with Gasteiger partial charge in [-0.2, -0.15) is 0 Å². The number of carbonyl (C=O) groups is 1. The van der Waals surface area contributed by atoms with E-state index in [9.17, 15) is 4.79 Å². The molecule has 1 aromatic rings. The molecule has 16 heteroatoms. The van der Waals surface area contributed by atoms with Crippen molar-refractivity contribution in [3.05, 3.63) is 35.9 Å². The summed E-state index contributed by atoms with van der Waals surface area (Å²) in [7, 11) is 0. The number of hydrogen-bond donors (Lipinski definition) is 1. The van der Waals surface area contributed by atoms with Crippen molar-refractivity contribution in [3.8, 4) is 0 Å². The number of amides is 1. The summed E-state index contributed by atoms with van der Waals surface area (Å²) in [5, 5.41) is 2.65. The Hall–Kier alpha value is -2.03. The van der Waals surface area contributed by atoms with E-state index in [-0.39, 0.29) is 6.61 Å². The molecule has 0 unspecified atom stereocenters. The van der Waals surface area contributed by atoms with Crippen molar-refractivity contribution >= 4 is 6.09 Å². The fourth-order valence-corrected chi connectivity index (χ4v) is 4.72. The molecule has 58 heavy (non-hydrogen) atoms. The second kappa shape index (κ2) is 47.6. The predicted molar refractivity (Wildman–Crippen MR) is 219 cm³/mol. The molecule has 0 heterocycles. The van der Waals surface area contributed by atoms with Gasteiger partial charge in [-0.3, -0.25) is 0 Å². The molecule has 0 saturated heterocycles. The Balaban J connectivity index is 1.61. The number of ether oxygens (including phenoxy) is 14. The van der Waals surface area contributed by atoms with Crippen molar-refractivity contribution < 1.29 is 71.1 Å². The molecule has 0 radical (unpaired) electrons. The van der Waals surface area contributed by atoms with E-state index >= 15 is 0 Å². The lowest BCUT2D eigenvalue weighted by Gasteiger charge is -2.09. The van der Waals surface area contributed by atoms with E-state index in [1.165, 1.54) is 32.1 Å². The lowest BCUT2D eigenvalue weighted by Crippen LogP contribution is -2.28. The highest BCUT2D eigenvalue weighted by molar-refractivity contribution is 5.67. The third-order valence-electron chi connectivity index (χ3n) is 7.83. The molecule has 1 rings (SSSR count). The van der Waals surface area contributed by atoms with Gasteiger partial charge in [-0.05, 0) is 12.0 Å². The fraction of sp³-hybridized carbons (Fsp3) is 0.833. The number of hydrogen-bond acceptors (Lipinski definition) is 15. The second-order valence-electron chi connectivity index (χ2n) is 12.7. The van der Waals surface area contributed by atoms with Crippen LogP contribution in [0.1, 0.15) is 51.0 Å². The van der Waals surface area contributed by atoms with Gasteiger partial charge >= 0.3 is 6.09 Å². The van der Waals surface area contributed by atoms with E-state index in [1.54, 1.807) is 0 Å². The summed E-state index contributed by atoms with van der Waals surface area (Å²) in [4.78, 5) is 11.7. The molecule has 0 saturated carbocycles. The number of rotatable bonds is 48. The van der Waals surface area contributed by atoms with Gasteiger partial charge in [-0.15, -0.1) is 0 Å². The molecule has 0 fully saturated rings. The Labute approximate surface area is 348 Å². The van der Waals surface area contributed by atoms with Crippen LogP contribution in [0.2, 0.25) is 0 Å². The lowest BCUT2D eigenvalue weighted by atomic mass is 10.1. The first-order chi connectivity index (χ1) is 28.8. The van der Waals surface area contributed by atoms with E-state index in [2.05, 4.69) is 12.2 Å². The highest BCUT2D eigenvalue weighted by atomic mass is 16.6.